The Labute approximate surface area is 83.7 Å². The van der Waals surface area contributed by atoms with Crippen molar-refractivity contribution in [2.75, 3.05) is 0 Å². The Morgan fingerprint density at radius 2 is 2.29 bits per heavy atom. The van der Waals surface area contributed by atoms with Crippen molar-refractivity contribution in [1.29, 1.82) is 0 Å². The second-order valence-electron chi connectivity index (χ2n) is 3.65. The van der Waals surface area contributed by atoms with Crippen LogP contribution < -0.4 is 0 Å². The standard InChI is InChI=1S/C10H16N2O2/c1-7(2)14-10(13)8(3)4-9-5-11-6-12-9/h5-8H,4H2,1-3H3,(H,11,12)/t8-/m1/s1. The molecule has 0 aliphatic carbocycles. The van der Waals surface area contributed by atoms with Crippen molar-refractivity contribution in [3.05, 3.63) is 18.2 Å². The zero-order valence-corrected chi connectivity index (χ0v) is 8.78. The third-order valence-corrected chi connectivity index (χ3v) is 1.82. The van der Waals surface area contributed by atoms with E-state index in [2.05, 4.69) is 9.97 Å². The van der Waals surface area contributed by atoms with Crippen molar-refractivity contribution in [3.63, 3.8) is 0 Å². The van der Waals surface area contributed by atoms with Gasteiger partial charge < -0.3 is 9.72 Å². The molecule has 0 amide bonds. The highest BCUT2D eigenvalue weighted by Crippen LogP contribution is 2.08. The minimum Gasteiger partial charge on any atom is -0.463 e. The summed E-state index contributed by atoms with van der Waals surface area (Å²) in [7, 11) is 0. The van der Waals surface area contributed by atoms with Crippen molar-refractivity contribution in [3.8, 4) is 0 Å². The zero-order chi connectivity index (χ0) is 10.6. The quantitative estimate of drug-likeness (QED) is 0.743. The molecule has 1 atom stereocenters. The van der Waals surface area contributed by atoms with Gasteiger partial charge in [0, 0.05) is 12.6 Å². The molecule has 0 bridgehead atoms. The molecule has 14 heavy (non-hydrogen) atoms. The van der Waals surface area contributed by atoms with E-state index in [-0.39, 0.29) is 18.0 Å². The van der Waals surface area contributed by atoms with Gasteiger partial charge in [-0.05, 0) is 13.8 Å². The van der Waals surface area contributed by atoms with Gasteiger partial charge in [-0.1, -0.05) is 6.92 Å². The van der Waals surface area contributed by atoms with Gasteiger partial charge in [-0.2, -0.15) is 0 Å². The van der Waals surface area contributed by atoms with E-state index in [0.29, 0.717) is 6.42 Å². The van der Waals surface area contributed by atoms with Crippen LogP contribution in [0.15, 0.2) is 12.5 Å². The number of aromatic amines is 1. The molecule has 0 aliphatic heterocycles. The van der Waals surface area contributed by atoms with Crippen LogP contribution in [0.25, 0.3) is 0 Å². The van der Waals surface area contributed by atoms with Crippen LogP contribution in [-0.4, -0.2) is 22.0 Å². The number of esters is 1. The maximum Gasteiger partial charge on any atom is 0.309 e. The number of hydrogen-bond donors (Lipinski definition) is 1. The topological polar surface area (TPSA) is 55.0 Å². The Bertz CT molecular complexity index is 280. The van der Waals surface area contributed by atoms with Gasteiger partial charge in [0.15, 0.2) is 0 Å². The van der Waals surface area contributed by atoms with E-state index in [4.69, 9.17) is 4.74 Å². The van der Waals surface area contributed by atoms with Gasteiger partial charge in [-0.25, -0.2) is 4.98 Å². The Hall–Kier alpha value is -1.32. The molecule has 1 heterocycles. The van der Waals surface area contributed by atoms with E-state index >= 15 is 0 Å². The van der Waals surface area contributed by atoms with Crippen LogP contribution in [0.2, 0.25) is 0 Å². The Morgan fingerprint density at radius 1 is 1.57 bits per heavy atom. The molecule has 0 aliphatic rings. The molecule has 78 valence electrons. The van der Waals surface area contributed by atoms with Gasteiger partial charge in [0.1, 0.15) is 0 Å². The molecule has 0 aromatic carbocycles. The number of rotatable bonds is 4. The summed E-state index contributed by atoms with van der Waals surface area (Å²) in [6.07, 6.45) is 3.97. The first-order chi connectivity index (χ1) is 6.59. The summed E-state index contributed by atoms with van der Waals surface area (Å²) < 4.78 is 5.08. The first kappa shape index (κ1) is 10.8. The van der Waals surface area contributed by atoms with Crippen molar-refractivity contribution >= 4 is 5.97 Å². The number of nitrogens with one attached hydrogen (secondary N) is 1. The van der Waals surface area contributed by atoms with Crippen LogP contribution in [-0.2, 0) is 16.0 Å². The average molecular weight is 196 g/mol. The fourth-order valence-electron chi connectivity index (χ4n) is 1.15. The summed E-state index contributed by atoms with van der Waals surface area (Å²) >= 11 is 0. The van der Waals surface area contributed by atoms with Crippen molar-refractivity contribution in [2.24, 2.45) is 5.92 Å². The monoisotopic (exact) mass is 196 g/mol. The number of aromatic nitrogens is 2. The second-order valence-corrected chi connectivity index (χ2v) is 3.65. The minimum atomic E-state index is -0.164. The van der Waals surface area contributed by atoms with Crippen molar-refractivity contribution in [2.45, 2.75) is 33.3 Å². The van der Waals surface area contributed by atoms with Crippen molar-refractivity contribution < 1.29 is 9.53 Å². The summed E-state index contributed by atoms with van der Waals surface area (Å²) in [5.41, 5.74) is 0.887. The molecule has 1 aromatic heterocycles. The number of carbonyl (C=O) groups is 1. The highest BCUT2D eigenvalue weighted by molar-refractivity contribution is 5.72. The summed E-state index contributed by atoms with van der Waals surface area (Å²) in [5.74, 6) is -0.302. The van der Waals surface area contributed by atoms with Crippen LogP contribution >= 0.6 is 0 Å². The Kier molecular flexibility index (Phi) is 3.68. The minimum absolute atomic E-state index is 0.0517. The molecular weight excluding hydrogens is 180 g/mol. The molecule has 1 rings (SSSR count). The summed E-state index contributed by atoms with van der Waals surface area (Å²) in [5, 5.41) is 0. The molecule has 0 spiro atoms. The predicted octanol–water partition coefficient (Wildman–Crippen LogP) is 1.54. The highest BCUT2D eigenvalue weighted by Gasteiger charge is 2.16. The van der Waals surface area contributed by atoms with E-state index in [1.165, 1.54) is 0 Å². The fourth-order valence-corrected chi connectivity index (χ4v) is 1.15. The number of nitrogens with zero attached hydrogens (tertiary/aromatic N) is 1. The van der Waals surface area contributed by atoms with Crippen LogP contribution in [0.5, 0.6) is 0 Å². The molecule has 4 heteroatoms. The normalized spacial score (nSPS) is 12.9. The largest absolute Gasteiger partial charge is 0.463 e. The molecule has 0 radical (unpaired) electrons. The Balaban J connectivity index is 2.42. The molecule has 1 aromatic rings. The van der Waals surface area contributed by atoms with Gasteiger partial charge in [0.05, 0.1) is 24.0 Å². The van der Waals surface area contributed by atoms with E-state index < -0.39 is 0 Å². The SMILES string of the molecule is CC(C)OC(=O)[C@H](C)Cc1c[nH]cn1. The number of ether oxygens (including phenoxy) is 1. The first-order valence-corrected chi connectivity index (χ1v) is 4.77. The van der Waals surface area contributed by atoms with Crippen LogP contribution in [0.1, 0.15) is 26.5 Å². The summed E-state index contributed by atoms with van der Waals surface area (Å²) in [4.78, 5) is 18.3. The van der Waals surface area contributed by atoms with E-state index in [0.717, 1.165) is 5.69 Å². The van der Waals surface area contributed by atoms with E-state index in [1.54, 1.807) is 12.5 Å². The van der Waals surface area contributed by atoms with Crippen LogP contribution in [0, 0.1) is 5.92 Å². The van der Waals surface area contributed by atoms with Crippen LogP contribution in [0.3, 0.4) is 0 Å². The molecule has 4 nitrogen and oxygen atoms in total. The lowest BCUT2D eigenvalue weighted by Crippen LogP contribution is -2.20. The van der Waals surface area contributed by atoms with Gasteiger partial charge in [-0.15, -0.1) is 0 Å². The number of imidazole rings is 1. The summed E-state index contributed by atoms with van der Waals surface area (Å²) in [6, 6.07) is 0. The lowest BCUT2D eigenvalue weighted by molar-refractivity contribution is -0.151. The molecule has 0 unspecified atom stereocenters. The zero-order valence-electron chi connectivity index (χ0n) is 8.78. The molecule has 1 N–H and O–H groups in total. The maximum absolute atomic E-state index is 11.4. The van der Waals surface area contributed by atoms with E-state index in [1.807, 2.05) is 20.8 Å². The third kappa shape index (κ3) is 3.20. The molecular formula is C10H16N2O2. The lowest BCUT2D eigenvalue weighted by Gasteiger charge is -2.12. The summed E-state index contributed by atoms with van der Waals surface area (Å²) in [6.45, 7) is 5.54. The second kappa shape index (κ2) is 4.79. The first-order valence-electron chi connectivity index (χ1n) is 4.77. The van der Waals surface area contributed by atoms with Crippen LogP contribution in [0.4, 0.5) is 0 Å². The van der Waals surface area contributed by atoms with Gasteiger partial charge in [0.2, 0.25) is 0 Å². The average Bonchev–Trinajstić information content (AvgIpc) is 2.55. The number of H-pyrrole nitrogens is 1. The Morgan fingerprint density at radius 3 is 2.79 bits per heavy atom. The van der Waals surface area contributed by atoms with E-state index in [9.17, 15) is 4.79 Å². The third-order valence-electron chi connectivity index (χ3n) is 1.82. The highest BCUT2D eigenvalue weighted by atomic mass is 16.5. The maximum atomic E-state index is 11.4. The molecule has 0 fully saturated rings. The van der Waals surface area contributed by atoms with Crippen molar-refractivity contribution in [1.82, 2.24) is 9.97 Å². The molecule has 0 saturated heterocycles. The number of carbonyl (C=O) groups excluding carboxylic acids is 1. The predicted molar refractivity (Wildman–Crippen MR) is 52.7 cm³/mol. The van der Waals surface area contributed by atoms with Gasteiger partial charge in [-0.3, -0.25) is 4.79 Å². The van der Waals surface area contributed by atoms with Gasteiger partial charge in [0.25, 0.3) is 0 Å². The molecule has 0 saturated carbocycles. The number of hydrogen-bond acceptors (Lipinski definition) is 3. The lowest BCUT2D eigenvalue weighted by atomic mass is 10.1. The smallest absolute Gasteiger partial charge is 0.309 e. The van der Waals surface area contributed by atoms with Gasteiger partial charge >= 0.3 is 5.97 Å². The fraction of sp³-hybridized carbons (Fsp3) is 0.600.